The maximum Gasteiger partial charge on any atom is 0.246 e. The van der Waals surface area contributed by atoms with Crippen molar-refractivity contribution in [1.29, 1.82) is 0 Å². The minimum Gasteiger partial charge on any atom is -0.495 e. The first-order valence-corrected chi connectivity index (χ1v) is 10.2. The molecule has 1 aromatic carbocycles. The Bertz CT molecular complexity index is 679. The smallest absolute Gasteiger partial charge is 0.246 e. The minimum absolute atomic E-state index is 0.175. The first-order valence-electron chi connectivity index (χ1n) is 8.72. The van der Waals surface area contributed by atoms with Crippen LogP contribution in [-0.2, 0) is 10.0 Å². The summed E-state index contributed by atoms with van der Waals surface area (Å²) in [6, 6.07) is 5.63. The first kappa shape index (κ1) is 20.2. The van der Waals surface area contributed by atoms with E-state index in [2.05, 4.69) is 37.7 Å². The van der Waals surface area contributed by atoms with Crippen LogP contribution in [0, 0.1) is 6.92 Å². The van der Waals surface area contributed by atoms with Crippen molar-refractivity contribution in [3.05, 3.63) is 23.8 Å². The molecule has 0 N–H and O–H groups in total. The van der Waals surface area contributed by atoms with E-state index in [1.165, 1.54) is 7.11 Å². The van der Waals surface area contributed by atoms with Gasteiger partial charge in [0, 0.05) is 38.3 Å². The second-order valence-corrected chi connectivity index (χ2v) is 9.12. The maximum atomic E-state index is 13.2. The van der Waals surface area contributed by atoms with Gasteiger partial charge in [0.2, 0.25) is 10.0 Å². The summed E-state index contributed by atoms with van der Waals surface area (Å²) in [4.78, 5) is 4.80. The molecule has 0 saturated carbocycles. The fourth-order valence-corrected chi connectivity index (χ4v) is 5.23. The van der Waals surface area contributed by atoms with Crippen LogP contribution in [0.25, 0.3) is 0 Å². The van der Waals surface area contributed by atoms with E-state index in [1.807, 2.05) is 13.0 Å². The van der Waals surface area contributed by atoms with Crippen LogP contribution in [0.15, 0.2) is 23.1 Å². The van der Waals surface area contributed by atoms with Gasteiger partial charge in [-0.05, 0) is 52.6 Å². The Morgan fingerprint density at radius 3 is 2.32 bits per heavy atom. The van der Waals surface area contributed by atoms with Gasteiger partial charge in [-0.2, -0.15) is 4.31 Å². The molecule has 0 radical (unpaired) electrons. The molecule has 1 fully saturated rings. The molecule has 2 rings (SSSR count). The lowest BCUT2D eigenvalue weighted by Gasteiger charge is -2.44. The number of methoxy groups -OCH3 is 1. The first-order chi connectivity index (χ1) is 11.7. The van der Waals surface area contributed by atoms with E-state index in [-0.39, 0.29) is 17.0 Å². The lowest BCUT2D eigenvalue weighted by molar-refractivity contribution is 0.0707. The monoisotopic (exact) mass is 369 g/mol. The number of benzene rings is 1. The summed E-state index contributed by atoms with van der Waals surface area (Å²) in [6.45, 7) is 8.99. The molecule has 6 nitrogen and oxygen atoms in total. The number of hydrogen-bond donors (Lipinski definition) is 0. The molecule has 7 heteroatoms. The molecule has 0 aromatic heterocycles. The Labute approximate surface area is 152 Å². The van der Waals surface area contributed by atoms with E-state index in [9.17, 15) is 8.42 Å². The molecule has 2 unspecified atom stereocenters. The van der Waals surface area contributed by atoms with Gasteiger partial charge in [0.1, 0.15) is 10.6 Å². The Kier molecular flexibility index (Phi) is 6.48. The number of rotatable bonds is 6. The van der Waals surface area contributed by atoms with Gasteiger partial charge in [0.05, 0.1) is 7.11 Å². The average Bonchev–Trinajstić information content (AvgIpc) is 2.53. The molecule has 0 aliphatic carbocycles. The summed E-state index contributed by atoms with van der Waals surface area (Å²) < 4.78 is 33.3. The highest BCUT2D eigenvalue weighted by atomic mass is 32.2. The number of piperazine rings is 1. The zero-order valence-electron chi connectivity index (χ0n) is 16.2. The maximum absolute atomic E-state index is 13.2. The second-order valence-electron chi connectivity index (χ2n) is 7.22. The number of likely N-dealkylation sites (N-methyl/N-ethyl adjacent to an activating group) is 1. The number of ether oxygens (including phenoxy) is 1. The average molecular weight is 370 g/mol. The topological polar surface area (TPSA) is 53.1 Å². The third kappa shape index (κ3) is 4.53. The largest absolute Gasteiger partial charge is 0.495 e. The van der Waals surface area contributed by atoms with Gasteiger partial charge in [-0.15, -0.1) is 0 Å². The van der Waals surface area contributed by atoms with Crippen LogP contribution in [0.2, 0.25) is 0 Å². The Morgan fingerprint density at radius 2 is 1.80 bits per heavy atom. The van der Waals surface area contributed by atoms with E-state index in [4.69, 9.17) is 4.74 Å². The van der Waals surface area contributed by atoms with Crippen molar-refractivity contribution >= 4 is 10.0 Å². The molecule has 1 aliphatic rings. The third-order valence-corrected chi connectivity index (χ3v) is 6.66. The lowest BCUT2D eigenvalue weighted by Crippen LogP contribution is -2.58. The fraction of sp³-hybridized carbons (Fsp3) is 0.667. The predicted molar refractivity (Wildman–Crippen MR) is 101 cm³/mol. The molecule has 1 aromatic rings. The summed E-state index contributed by atoms with van der Waals surface area (Å²) >= 11 is 0. The molecule has 0 amide bonds. The van der Waals surface area contributed by atoms with Crippen molar-refractivity contribution in [2.75, 3.05) is 47.4 Å². The van der Waals surface area contributed by atoms with Crippen LogP contribution in [-0.4, -0.2) is 82.0 Å². The quantitative estimate of drug-likeness (QED) is 0.763. The van der Waals surface area contributed by atoms with Crippen LogP contribution < -0.4 is 4.74 Å². The van der Waals surface area contributed by atoms with E-state index in [1.54, 1.807) is 16.4 Å². The highest BCUT2D eigenvalue weighted by Gasteiger charge is 2.37. The standard InChI is InChI=1S/C18H31N3O3S/c1-14-7-8-17(24-6)18(11-14)25(22,23)20-12-15(2)21(16(3)13-20)10-9-19(4)5/h7-8,11,15-16H,9-10,12-13H2,1-6H3. The van der Waals surface area contributed by atoms with Crippen LogP contribution in [0.1, 0.15) is 19.4 Å². The number of hydrogen-bond acceptors (Lipinski definition) is 5. The van der Waals surface area contributed by atoms with Gasteiger partial charge < -0.3 is 9.64 Å². The van der Waals surface area contributed by atoms with Crippen LogP contribution in [0.3, 0.4) is 0 Å². The molecule has 1 aliphatic heterocycles. The molecule has 2 atom stereocenters. The molecule has 0 spiro atoms. The van der Waals surface area contributed by atoms with Gasteiger partial charge >= 0.3 is 0 Å². The summed E-state index contributed by atoms with van der Waals surface area (Å²) in [5.74, 6) is 0.404. The Hall–Kier alpha value is -1.15. The summed E-state index contributed by atoms with van der Waals surface area (Å²) in [5.41, 5.74) is 0.907. The van der Waals surface area contributed by atoms with Crippen molar-refractivity contribution in [3.63, 3.8) is 0 Å². The van der Waals surface area contributed by atoms with E-state index in [0.29, 0.717) is 18.8 Å². The molecule has 25 heavy (non-hydrogen) atoms. The molecular weight excluding hydrogens is 338 g/mol. The number of aryl methyl sites for hydroxylation is 1. The molecule has 1 heterocycles. The van der Waals surface area contributed by atoms with Crippen molar-refractivity contribution in [2.24, 2.45) is 0 Å². The molecular formula is C18H31N3O3S. The van der Waals surface area contributed by atoms with Crippen LogP contribution in [0.4, 0.5) is 0 Å². The lowest BCUT2D eigenvalue weighted by atomic mass is 10.1. The van der Waals surface area contributed by atoms with Gasteiger partial charge in [-0.25, -0.2) is 8.42 Å². The molecule has 142 valence electrons. The summed E-state index contributed by atoms with van der Waals surface area (Å²) in [5, 5.41) is 0. The van der Waals surface area contributed by atoms with Crippen LogP contribution in [0.5, 0.6) is 5.75 Å². The van der Waals surface area contributed by atoms with Gasteiger partial charge in [-0.3, -0.25) is 4.90 Å². The Morgan fingerprint density at radius 1 is 1.20 bits per heavy atom. The Balaban J connectivity index is 2.24. The molecule has 1 saturated heterocycles. The predicted octanol–water partition coefficient (Wildman–Crippen LogP) is 1.65. The highest BCUT2D eigenvalue weighted by molar-refractivity contribution is 7.89. The SMILES string of the molecule is COc1ccc(C)cc1S(=O)(=O)N1CC(C)N(CCN(C)C)C(C)C1. The van der Waals surface area contributed by atoms with E-state index >= 15 is 0 Å². The highest BCUT2D eigenvalue weighted by Crippen LogP contribution is 2.30. The second kappa shape index (κ2) is 8.03. The minimum atomic E-state index is -3.58. The van der Waals surface area contributed by atoms with Gasteiger partial charge in [-0.1, -0.05) is 6.07 Å². The summed E-state index contributed by atoms with van der Waals surface area (Å²) in [6.07, 6.45) is 0. The number of sulfonamides is 1. The zero-order chi connectivity index (χ0) is 18.8. The summed E-state index contributed by atoms with van der Waals surface area (Å²) in [7, 11) is 2.04. The van der Waals surface area contributed by atoms with Crippen molar-refractivity contribution < 1.29 is 13.2 Å². The van der Waals surface area contributed by atoms with Crippen molar-refractivity contribution in [2.45, 2.75) is 37.8 Å². The van der Waals surface area contributed by atoms with Crippen LogP contribution >= 0.6 is 0 Å². The van der Waals surface area contributed by atoms with Crippen molar-refractivity contribution in [1.82, 2.24) is 14.1 Å². The fourth-order valence-electron chi connectivity index (χ4n) is 3.39. The van der Waals surface area contributed by atoms with Gasteiger partial charge in [0.15, 0.2) is 0 Å². The molecule has 0 bridgehead atoms. The number of nitrogens with zero attached hydrogens (tertiary/aromatic N) is 3. The normalized spacial score (nSPS) is 23.2. The van der Waals surface area contributed by atoms with Crippen molar-refractivity contribution in [3.8, 4) is 5.75 Å². The van der Waals surface area contributed by atoms with Gasteiger partial charge in [0.25, 0.3) is 0 Å². The van der Waals surface area contributed by atoms with E-state index in [0.717, 1.165) is 18.7 Å². The third-order valence-electron chi connectivity index (χ3n) is 4.81. The zero-order valence-corrected chi connectivity index (χ0v) is 17.0. The van der Waals surface area contributed by atoms with E-state index < -0.39 is 10.0 Å².